The number of benzene rings is 7. The third-order valence-electron chi connectivity index (χ3n) is 10.4. The summed E-state index contributed by atoms with van der Waals surface area (Å²) in [5.74, 6) is 3.30. The van der Waals surface area contributed by atoms with E-state index in [4.69, 9.17) is 13.9 Å². The van der Waals surface area contributed by atoms with Gasteiger partial charge in [0.2, 0.25) is 0 Å². The van der Waals surface area contributed by atoms with Gasteiger partial charge >= 0.3 is 0 Å². The van der Waals surface area contributed by atoms with Gasteiger partial charge in [-0.2, -0.15) is 0 Å². The van der Waals surface area contributed by atoms with Crippen LogP contribution in [0.25, 0.3) is 33.1 Å². The summed E-state index contributed by atoms with van der Waals surface area (Å²) in [5, 5.41) is 2.14. The van der Waals surface area contributed by atoms with Gasteiger partial charge in [-0.3, -0.25) is 0 Å². The van der Waals surface area contributed by atoms with Gasteiger partial charge in [-0.25, -0.2) is 0 Å². The summed E-state index contributed by atoms with van der Waals surface area (Å²) < 4.78 is 20.4. The molecule has 0 amide bonds. The largest absolute Gasteiger partial charge is 0.458 e. The standard InChI is InChI=1S/C46H34BNO3/c1-46(2,3)30-21-23-31(24-22-30)48(44-33(29-13-5-4-6-14-29)25-26-35-34-15-7-10-18-38(34)51-45(35)44)32-27-41-43-42(28-32)50-40-20-12-9-17-37(40)47(43)36-16-8-11-19-39(36)49-41/h4-28H,1-3H3. The summed E-state index contributed by atoms with van der Waals surface area (Å²) >= 11 is 0. The van der Waals surface area contributed by atoms with Crippen molar-refractivity contribution < 1.29 is 13.9 Å². The number of rotatable bonds is 4. The molecule has 0 aliphatic carbocycles. The maximum atomic E-state index is 6.83. The van der Waals surface area contributed by atoms with E-state index < -0.39 is 0 Å². The van der Waals surface area contributed by atoms with Crippen LogP contribution in [-0.2, 0) is 5.41 Å². The highest BCUT2D eigenvalue weighted by molar-refractivity contribution is 6.98. The number of fused-ring (bicyclic) bond motifs is 7. The number of anilines is 3. The van der Waals surface area contributed by atoms with E-state index in [0.717, 1.165) is 89.5 Å². The smallest absolute Gasteiger partial charge is 0.260 e. The average molecular weight is 660 g/mol. The lowest BCUT2D eigenvalue weighted by Gasteiger charge is -2.35. The van der Waals surface area contributed by atoms with Crippen molar-refractivity contribution >= 4 is 62.1 Å². The molecule has 5 heteroatoms. The van der Waals surface area contributed by atoms with E-state index >= 15 is 0 Å². The second-order valence-electron chi connectivity index (χ2n) is 14.5. The van der Waals surface area contributed by atoms with Crippen LogP contribution in [0, 0.1) is 0 Å². The number of nitrogens with zero attached hydrogens (tertiary/aromatic N) is 1. The highest BCUT2D eigenvalue weighted by atomic mass is 16.5. The van der Waals surface area contributed by atoms with Gasteiger partial charge in [0.25, 0.3) is 6.71 Å². The molecule has 51 heavy (non-hydrogen) atoms. The Bertz CT molecular complexity index is 2570. The fourth-order valence-corrected chi connectivity index (χ4v) is 7.87. The SMILES string of the molecule is CC(C)(C)c1ccc(N(c2cc3c4c(c2)Oc2ccccc2B4c2ccccc2O3)c2c(-c3ccccc3)ccc3c2oc2ccccc23)cc1. The molecule has 3 heterocycles. The minimum Gasteiger partial charge on any atom is -0.458 e. The van der Waals surface area contributed by atoms with Crippen molar-refractivity contribution in [3.05, 3.63) is 157 Å². The molecule has 0 fully saturated rings. The molecule has 0 radical (unpaired) electrons. The molecular weight excluding hydrogens is 625 g/mol. The molecule has 244 valence electrons. The zero-order valence-corrected chi connectivity index (χ0v) is 28.7. The maximum Gasteiger partial charge on any atom is 0.260 e. The Labute approximate surface area is 297 Å². The van der Waals surface area contributed by atoms with Crippen molar-refractivity contribution in [1.29, 1.82) is 0 Å². The van der Waals surface area contributed by atoms with Gasteiger partial charge in [0.15, 0.2) is 5.58 Å². The summed E-state index contributed by atoms with van der Waals surface area (Å²) in [7, 11) is 0. The third-order valence-corrected chi connectivity index (χ3v) is 10.4. The molecule has 1 aromatic heterocycles. The van der Waals surface area contributed by atoms with E-state index in [9.17, 15) is 0 Å². The van der Waals surface area contributed by atoms with Gasteiger partial charge in [-0.05, 0) is 63.9 Å². The van der Waals surface area contributed by atoms with Crippen LogP contribution in [0.3, 0.4) is 0 Å². The van der Waals surface area contributed by atoms with Gasteiger partial charge < -0.3 is 18.8 Å². The van der Waals surface area contributed by atoms with Crippen molar-refractivity contribution in [2.75, 3.05) is 4.90 Å². The molecule has 2 aliphatic heterocycles. The first-order valence-electron chi connectivity index (χ1n) is 17.5. The number of hydrogen-bond acceptors (Lipinski definition) is 4. The van der Waals surface area contributed by atoms with E-state index in [0.29, 0.717) is 0 Å². The third kappa shape index (κ3) is 4.69. The van der Waals surface area contributed by atoms with Gasteiger partial charge in [0.1, 0.15) is 28.6 Å². The van der Waals surface area contributed by atoms with Crippen molar-refractivity contribution in [1.82, 2.24) is 0 Å². The first kappa shape index (κ1) is 29.7. The Kier molecular flexibility index (Phi) is 6.50. The highest BCUT2D eigenvalue weighted by Gasteiger charge is 2.41. The molecule has 2 aliphatic rings. The first-order valence-corrected chi connectivity index (χ1v) is 17.5. The van der Waals surface area contributed by atoms with Crippen molar-refractivity contribution in [3.63, 3.8) is 0 Å². The van der Waals surface area contributed by atoms with Crippen LogP contribution in [0.1, 0.15) is 26.3 Å². The van der Waals surface area contributed by atoms with Gasteiger partial charge in [-0.1, -0.05) is 124 Å². The lowest BCUT2D eigenvalue weighted by molar-refractivity contribution is 0.465. The molecule has 0 unspecified atom stereocenters. The van der Waals surface area contributed by atoms with E-state index in [2.05, 4.69) is 153 Å². The Morgan fingerprint density at radius 3 is 1.80 bits per heavy atom. The lowest BCUT2D eigenvalue weighted by Crippen LogP contribution is -2.57. The van der Waals surface area contributed by atoms with E-state index in [-0.39, 0.29) is 12.1 Å². The van der Waals surface area contributed by atoms with Crippen molar-refractivity contribution in [2.45, 2.75) is 26.2 Å². The number of para-hydroxylation sites is 3. The zero-order chi connectivity index (χ0) is 34.3. The predicted octanol–water partition coefficient (Wildman–Crippen LogP) is 10.7. The predicted molar refractivity (Wildman–Crippen MR) is 210 cm³/mol. The maximum absolute atomic E-state index is 6.83. The van der Waals surface area contributed by atoms with E-state index in [1.165, 1.54) is 5.56 Å². The zero-order valence-electron chi connectivity index (χ0n) is 28.7. The highest BCUT2D eigenvalue weighted by Crippen LogP contribution is 2.49. The van der Waals surface area contributed by atoms with Crippen LogP contribution < -0.4 is 30.8 Å². The monoisotopic (exact) mass is 659 g/mol. The normalized spacial score (nSPS) is 12.9. The molecule has 0 spiro atoms. The summed E-state index contributed by atoms with van der Waals surface area (Å²) in [6, 6.07) is 53.2. The number of ether oxygens (including phenoxy) is 2. The van der Waals surface area contributed by atoms with Crippen molar-refractivity contribution in [3.8, 4) is 34.1 Å². The molecule has 0 saturated carbocycles. The lowest BCUT2D eigenvalue weighted by atomic mass is 9.35. The first-order chi connectivity index (χ1) is 24.9. The van der Waals surface area contributed by atoms with Gasteiger partial charge in [-0.15, -0.1) is 0 Å². The Balaban J connectivity index is 1.28. The summed E-state index contributed by atoms with van der Waals surface area (Å²) in [6.07, 6.45) is 0. The molecule has 0 saturated heterocycles. The molecule has 0 bridgehead atoms. The second kappa shape index (κ2) is 11.2. The van der Waals surface area contributed by atoms with Gasteiger partial charge in [0.05, 0.1) is 11.4 Å². The molecule has 7 aromatic carbocycles. The van der Waals surface area contributed by atoms with Crippen LogP contribution in [0.2, 0.25) is 0 Å². The van der Waals surface area contributed by atoms with E-state index in [1.807, 2.05) is 24.3 Å². The summed E-state index contributed by atoms with van der Waals surface area (Å²) in [6.45, 7) is 6.74. The van der Waals surface area contributed by atoms with Crippen LogP contribution >= 0.6 is 0 Å². The van der Waals surface area contributed by atoms with Crippen LogP contribution in [0.15, 0.2) is 156 Å². The molecule has 0 N–H and O–H groups in total. The van der Waals surface area contributed by atoms with E-state index in [1.54, 1.807) is 0 Å². The molecule has 4 nitrogen and oxygen atoms in total. The number of furan rings is 1. The minimum absolute atomic E-state index is 0.00264. The van der Waals surface area contributed by atoms with Gasteiger partial charge in [0, 0.05) is 39.6 Å². The van der Waals surface area contributed by atoms with Crippen molar-refractivity contribution in [2.24, 2.45) is 0 Å². The fraction of sp³-hybridized carbons (Fsp3) is 0.0870. The topological polar surface area (TPSA) is 34.8 Å². The summed E-state index contributed by atoms with van der Waals surface area (Å²) in [4.78, 5) is 2.32. The summed E-state index contributed by atoms with van der Waals surface area (Å²) in [5.41, 5.74) is 11.3. The Morgan fingerprint density at radius 1 is 0.529 bits per heavy atom. The quantitative estimate of drug-likeness (QED) is 0.176. The Hall–Kier alpha value is -6.20. The van der Waals surface area contributed by atoms with Crippen LogP contribution in [0.4, 0.5) is 17.1 Å². The van der Waals surface area contributed by atoms with Crippen LogP contribution in [0.5, 0.6) is 23.0 Å². The second-order valence-corrected chi connectivity index (χ2v) is 14.5. The molecule has 10 rings (SSSR count). The molecule has 0 atom stereocenters. The molecular formula is C46H34BNO3. The average Bonchev–Trinajstić information content (AvgIpc) is 3.54. The number of hydrogen-bond donors (Lipinski definition) is 0. The Morgan fingerprint density at radius 2 is 1.14 bits per heavy atom. The fourth-order valence-electron chi connectivity index (χ4n) is 7.87. The molecule has 8 aromatic rings. The van der Waals surface area contributed by atoms with Crippen LogP contribution in [-0.4, -0.2) is 6.71 Å². The minimum atomic E-state index is -0.00264.